The molecule has 0 atom stereocenters. The Morgan fingerprint density at radius 3 is 2.65 bits per heavy atom. The molecule has 2 aromatic carbocycles. The van der Waals surface area contributed by atoms with Gasteiger partial charge in [0.15, 0.2) is 0 Å². The smallest absolute Gasteiger partial charge is 0.328 e. The van der Waals surface area contributed by atoms with Crippen molar-refractivity contribution >= 4 is 17.7 Å². The molecule has 0 aliphatic heterocycles. The van der Waals surface area contributed by atoms with E-state index in [1.165, 1.54) is 18.2 Å². The molecule has 0 aliphatic carbocycles. The lowest BCUT2D eigenvalue weighted by molar-refractivity contribution is -0.131. The molecule has 4 heteroatoms. The molecule has 0 amide bonds. The van der Waals surface area contributed by atoms with Crippen LogP contribution in [0.1, 0.15) is 11.1 Å². The topological polar surface area (TPSA) is 49.3 Å². The highest BCUT2D eigenvalue weighted by molar-refractivity contribution is 5.85. The van der Waals surface area contributed by atoms with Gasteiger partial charge in [-0.3, -0.25) is 0 Å². The number of hydrogen-bond acceptors (Lipinski definition) is 2. The second-order valence-corrected chi connectivity index (χ2v) is 4.28. The van der Waals surface area contributed by atoms with E-state index in [0.29, 0.717) is 17.8 Å². The van der Waals surface area contributed by atoms with Gasteiger partial charge in [0.25, 0.3) is 0 Å². The van der Waals surface area contributed by atoms with Crippen LogP contribution in [0.25, 0.3) is 6.08 Å². The van der Waals surface area contributed by atoms with Gasteiger partial charge in [0, 0.05) is 18.3 Å². The third kappa shape index (κ3) is 4.24. The minimum Gasteiger partial charge on any atom is -0.478 e. The average Bonchev–Trinajstić information content (AvgIpc) is 2.44. The monoisotopic (exact) mass is 271 g/mol. The van der Waals surface area contributed by atoms with Crippen molar-refractivity contribution in [3.8, 4) is 0 Å². The Bertz CT molecular complexity index is 624. The van der Waals surface area contributed by atoms with Crippen molar-refractivity contribution in [1.82, 2.24) is 0 Å². The fourth-order valence-corrected chi connectivity index (χ4v) is 1.78. The lowest BCUT2D eigenvalue weighted by Gasteiger charge is -2.07. The molecule has 3 nitrogen and oxygen atoms in total. The van der Waals surface area contributed by atoms with Crippen LogP contribution in [0.15, 0.2) is 54.6 Å². The van der Waals surface area contributed by atoms with Crippen molar-refractivity contribution in [2.45, 2.75) is 6.54 Å². The summed E-state index contributed by atoms with van der Waals surface area (Å²) >= 11 is 0. The Kier molecular flexibility index (Phi) is 4.50. The lowest BCUT2D eigenvalue weighted by atomic mass is 10.1. The van der Waals surface area contributed by atoms with Crippen molar-refractivity contribution in [2.24, 2.45) is 0 Å². The molecule has 2 rings (SSSR count). The zero-order valence-corrected chi connectivity index (χ0v) is 10.7. The molecule has 102 valence electrons. The van der Waals surface area contributed by atoms with Crippen LogP contribution in [0.2, 0.25) is 0 Å². The van der Waals surface area contributed by atoms with Crippen LogP contribution in [-0.2, 0) is 11.3 Å². The number of carboxylic acid groups (broad SMARTS) is 1. The van der Waals surface area contributed by atoms with Crippen molar-refractivity contribution in [1.29, 1.82) is 0 Å². The Morgan fingerprint density at radius 1 is 1.20 bits per heavy atom. The molecule has 0 saturated carbocycles. The maximum Gasteiger partial charge on any atom is 0.328 e. The summed E-state index contributed by atoms with van der Waals surface area (Å²) in [5.74, 6) is -1.47. The highest BCUT2D eigenvalue weighted by Gasteiger charge is 2.00. The van der Waals surface area contributed by atoms with Crippen LogP contribution in [0, 0.1) is 5.82 Å². The number of aliphatic carboxylic acids is 1. The van der Waals surface area contributed by atoms with E-state index in [2.05, 4.69) is 5.32 Å². The quantitative estimate of drug-likeness (QED) is 0.818. The number of hydrogen-bond donors (Lipinski definition) is 2. The number of benzene rings is 2. The number of carboxylic acids is 1. The molecule has 0 saturated heterocycles. The molecule has 0 unspecified atom stereocenters. The van der Waals surface area contributed by atoms with E-state index in [4.69, 9.17) is 5.11 Å². The molecule has 0 bridgehead atoms. The minimum atomic E-state index is -1.06. The van der Waals surface area contributed by atoms with Crippen LogP contribution in [0.3, 0.4) is 0 Å². The highest BCUT2D eigenvalue weighted by Crippen LogP contribution is 2.16. The lowest BCUT2D eigenvalue weighted by Crippen LogP contribution is -1.99. The summed E-state index contributed by atoms with van der Waals surface area (Å²) in [5, 5.41) is 11.7. The molecule has 0 aliphatic rings. The molecule has 2 N–H and O–H groups in total. The van der Waals surface area contributed by atoms with Crippen LogP contribution in [0.4, 0.5) is 10.1 Å². The van der Waals surface area contributed by atoms with E-state index in [9.17, 15) is 9.18 Å². The first-order valence-electron chi connectivity index (χ1n) is 6.13. The van der Waals surface area contributed by atoms with Gasteiger partial charge in [0.1, 0.15) is 5.82 Å². The second-order valence-electron chi connectivity index (χ2n) is 4.28. The maximum absolute atomic E-state index is 13.5. The fourth-order valence-electron chi connectivity index (χ4n) is 1.78. The van der Waals surface area contributed by atoms with E-state index in [1.54, 1.807) is 6.07 Å². The van der Waals surface area contributed by atoms with Crippen LogP contribution in [0.5, 0.6) is 0 Å². The van der Waals surface area contributed by atoms with E-state index < -0.39 is 11.8 Å². The van der Waals surface area contributed by atoms with Gasteiger partial charge in [-0.15, -0.1) is 0 Å². The van der Waals surface area contributed by atoms with Crippen molar-refractivity contribution in [2.75, 3.05) is 5.32 Å². The number of anilines is 1. The number of carbonyl (C=O) groups is 1. The van der Waals surface area contributed by atoms with Gasteiger partial charge in [-0.1, -0.05) is 30.3 Å². The van der Waals surface area contributed by atoms with Gasteiger partial charge in [-0.2, -0.15) is 0 Å². The van der Waals surface area contributed by atoms with Gasteiger partial charge < -0.3 is 10.4 Å². The van der Waals surface area contributed by atoms with Crippen LogP contribution >= 0.6 is 0 Å². The number of nitrogens with one attached hydrogen (secondary N) is 1. The largest absolute Gasteiger partial charge is 0.478 e. The molecule has 0 spiro atoms. The Hall–Kier alpha value is -2.62. The molecule has 0 fully saturated rings. The van der Waals surface area contributed by atoms with Crippen LogP contribution in [-0.4, -0.2) is 11.1 Å². The summed E-state index contributed by atoms with van der Waals surface area (Å²) in [4.78, 5) is 10.5. The Morgan fingerprint density at radius 2 is 1.95 bits per heavy atom. The summed E-state index contributed by atoms with van der Waals surface area (Å²) in [7, 11) is 0. The second kappa shape index (κ2) is 6.52. The maximum atomic E-state index is 13.5. The molecular weight excluding hydrogens is 257 g/mol. The van der Waals surface area contributed by atoms with Gasteiger partial charge >= 0.3 is 5.97 Å². The zero-order chi connectivity index (χ0) is 14.4. The van der Waals surface area contributed by atoms with Gasteiger partial charge in [0.2, 0.25) is 0 Å². The van der Waals surface area contributed by atoms with Crippen molar-refractivity contribution in [3.05, 3.63) is 71.6 Å². The van der Waals surface area contributed by atoms with Gasteiger partial charge in [0.05, 0.1) is 0 Å². The first kappa shape index (κ1) is 13.8. The molecule has 0 heterocycles. The molecular formula is C16H14FNO2. The predicted molar refractivity (Wildman–Crippen MR) is 76.8 cm³/mol. The van der Waals surface area contributed by atoms with Gasteiger partial charge in [-0.25, -0.2) is 9.18 Å². The summed E-state index contributed by atoms with van der Waals surface area (Å²) in [6, 6.07) is 14.1. The first-order valence-corrected chi connectivity index (χ1v) is 6.13. The minimum absolute atomic E-state index is 0.409. The Balaban J connectivity index is 2.10. The van der Waals surface area contributed by atoms with Gasteiger partial charge in [-0.05, 0) is 35.4 Å². The standard InChI is InChI=1S/C16H14FNO2/c17-14-8-13(6-7-16(19)20)9-15(10-14)18-11-12-4-2-1-3-5-12/h1-10,18H,11H2,(H,19,20)/b7-6+. The molecule has 20 heavy (non-hydrogen) atoms. The molecule has 0 radical (unpaired) electrons. The fraction of sp³-hybridized carbons (Fsp3) is 0.0625. The first-order chi connectivity index (χ1) is 9.63. The summed E-state index contributed by atoms with van der Waals surface area (Å²) in [5.41, 5.74) is 2.20. The normalized spacial score (nSPS) is 10.7. The molecule has 2 aromatic rings. The predicted octanol–water partition coefficient (Wildman–Crippen LogP) is 3.54. The van der Waals surface area contributed by atoms with Crippen molar-refractivity contribution in [3.63, 3.8) is 0 Å². The number of halogens is 1. The summed E-state index contributed by atoms with van der Waals surface area (Å²) in [6.45, 7) is 0.576. The Labute approximate surface area is 116 Å². The summed E-state index contributed by atoms with van der Waals surface area (Å²) in [6.07, 6.45) is 2.34. The average molecular weight is 271 g/mol. The third-order valence-electron chi connectivity index (χ3n) is 2.68. The molecule has 0 aromatic heterocycles. The SMILES string of the molecule is O=C(O)/C=C/c1cc(F)cc(NCc2ccccc2)c1. The third-order valence-corrected chi connectivity index (χ3v) is 2.68. The summed E-state index contributed by atoms with van der Waals surface area (Å²) < 4.78 is 13.5. The zero-order valence-electron chi connectivity index (χ0n) is 10.7. The van der Waals surface area contributed by atoms with Crippen LogP contribution < -0.4 is 5.32 Å². The van der Waals surface area contributed by atoms with Crippen molar-refractivity contribution < 1.29 is 14.3 Å². The van der Waals surface area contributed by atoms with E-state index in [1.807, 2.05) is 30.3 Å². The number of rotatable bonds is 5. The highest BCUT2D eigenvalue weighted by atomic mass is 19.1. The van der Waals surface area contributed by atoms with E-state index in [-0.39, 0.29) is 0 Å². The van der Waals surface area contributed by atoms with E-state index >= 15 is 0 Å². The van der Waals surface area contributed by atoms with E-state index in [0.717, 1.165) is 11.6 Å².